The number of nitrogens with zero attached hydrogens (tertiary/aromatic N) is 1. The minimum atomic E-state index is 0.155. The summed E-state index contributed by atoms with van der Waals surface area (Å²) in [5, 5.41) is 1.94. The van der Waals surface area contributed by atoms with Crippen LogP contribution in [0.4, 0.5) is 0 Å². The third-order valence-electron chi connectivity index (χ3n) is 2.26. The molecule has 2 nitrogen and oxygen atoms in total. The van der Waals surface area contributed by atoms with E-state index in [4.69, 9.17) is 0 Å². The minimum Gasteiger partial charge on any atom is -0.336 e. The normalized spacial score (nSPS) is 11.2. The Balaban J connectivity index is 2.83. The van der Waals surface area contributed by atoms with Crippen molar-refractivity contribution in [2.24, 2.45) is 5.92 Å². The van der Waals surface area contributed by atoms with Crippen LogP contribution in [0.1, 0.15) is 38.1 Å². The highest BCUT2D eigenvalue weighted by Crippen LogP contribution is 2.19. The first-order chi connectivity index (χ1) is 7.41. The van der Waals surface area contributed by atoms with E-state index in [1.807, 2.05) is 16.3 Å². The summed E-state index contributed by atoms with van der Waals surface area (Å²) in [6.07, 6.45) is 0. The van der Waals surface area contributed by atoms with Gasteiger partial charge in [-0.05, 0) is 48.4 Å². The van der Waals surface area contributed by atoms with Crippen molar-refractivity contribution in [3.8, 4) is 0 Å². The van der Waals surface area contributed by atoms with Gasteiger partial charge in [0.15, 0.2) is 0 Å². The van der Waals surface area contributed by atoms with Crippen molar-refractivity contribution in [1.29, 1.82) is 0 Å². The Morgan fingerprint density at radius 3 is 2.44 bits per heavy atom. The van der Waals surface area contributed by atoms with Gasteiger partial charge in [-0.15, -0.1) is 11.3 Å². The molecule has 90 valence electrons. The van der Waals surface area contributed by atoms with Crippen molar-refractivity contribution in [2.45, 2.75) is 33.7 Å². The van der Waals surface area contributed by atoms with Crippen LogP contribution in [0.15, 0.2) is 11.4 Å². The van der Waals surface area contributed by atoms with Crippen LogP contribution in [0.2, 0.25) is 0 Å². The van der Waals surface area contributed by atoms with Crippen molar-refractivity contribution in [2.75, 3.05) is 6.54 Å². The molecule has 1 aromatic heterocycles. The molecule has 1 aromatic rings. The quantitative estimate of drug-likeness (QED) is 0.755. The Kier molecular flexibility index (Phi) is 5.24. The molecule has 0 N–H and O–H groups in total. The smallest absolute Gasteiger partial charge is 0.254 e. The van der Waals surface area contributed by atoms with E-state index < -0.39 is 0 Å². The van der Waals surface area contributed by atoms with Crippen molar-refractivity contribution in [3.05, 3.63) is 19.9 Å². The summed E-state index contributed by atoms with van der Waals surface area (Å²) < 4.78 is 1.16. The molecule has 0 aliphatic carbocycles. The van der Waals surface area contributed by atoms with Crippen molar-refractivity contribution in [3.63, 3.8) is 0 Å². The summed E-state index contributed by atoms with van der Waals surface area (Å²) in [4.78, 5) is 14.2. The Morgan fingerprint density at radius 2 is 2.06 bits per heavy atom. The summed E-state index contributed by atoms with van der Waals surface area (Å²) in [5.74, 6) is 0.659. The van der Waals surface area contributed by atoms with Gasteiger partial charge in [-0.2, -0.15) is 0 Å². The maximum Gasteiger partial charge on any atom is 0.254 e. The number of carbonyl (C=O) groups is 1. The molecule has 0 aliphatic rings. The van der Waals surface area contributed by atoms with Gasteiger partial charge in [0.2, 0.25) is 0 Å². The fraction of sp³-hybridized carbons (Fsp3) is 0.583. The van der Waals surface area contributed by atoms with Crippen LogP contribution in [-0.4, -0.2) is 23.4 Å². The molecule has 0 saturated heterocycles. The number of thiophene rings is 1. The molecule has 16 heavy (non-hydrogen) atoms. The fourth-order valence-corrected chi connectivity index (χ4v) is 2.83. The predicted octanol–water partition coefficient (Wildman–Crippen LogP) is 3.86. The molecular weight excluding hydrogens is 333 g/mol. The zero-order valence-corrected chi connectivity index (χ0v) is 13.1. The number of hydrogen-bond acceptors (Lipinski definition) is 2. The van der Waals surface area contributed by atoms with E-state index in [1.165, 1.54) is 0 Å². The van der Waals surface area contributed by atoms with Gasteiger partial charge in [0, 0.05) is 18.0 Å². The minimum absolute atomic E-state index is 0.155. The molecule has 1 heterocycles. The van der Waals surface area contributed by atoms with Gasteiger partial charge in [0.05, 0.1) is 8.45 Å². The van der Waals surface area contributed by atoms with Crippen LogP contribution in [0.25, 0.3) is 0 Å². The summed E-state index contributed by atoms with van der Waals surface area (Å²) in [5.41, 5.74) is 0.823. The third kappa shape index (κ3) is 3.73. The lowest BCUT2D eigenvalue weighted by Crippen LogP contribution is -2.39. The standard InChI is InChI=1S/C12H18INOS/c1-8(2)6-14(9(3)4)12(15)10-5-11(13)16-7-10/h5,7-9H,6H2,1-4H3. The first-order valence-electron chi connectivity index (χ1n) is 5.46. The molecule has 0 spiro atoms. The van der Waals surface area contributed by atoms with Crippen LogP contribution < -0.4 is 0 Å². The topological polar surface area (TPSA) is 20.3 Å². The van der Waals surface area contributed by atoms with E-state index in [0.29, 0.717) is 5.92 Å². The van der Waals surface area contributed by atoms with E-state index in [2.05, 4.69) is 50.3 Å². The molecule has 0 unspecified atom stereocenters. The van der Waals surface area contributed by atoms with Gasteiger partial charge in [0.1, 0.15) is 0 Å². The monoisotopic (exact) mass is 351 g/mol. The number of halogens is 1. The summed E-state index contributed by atoms with van der Waals surface area (Å²) >= 11 is 3.87. The highest BCUT2D eigenvalue weighted by atomic mass is 127. The maximum atomic E-state index is 12.3. The second kappa shape index (κ2) is 6.00. The maximum absolute atomic E-state index is 12.3. The fourth-order valence-electron chi connectivity index (χ4n) is 1.51. The van der Waals surface area contributed by atoms with E-state index in [1.54, 1.807) is 11.3 Å². The lowest BCUT2D eigenvalue weighted by atomic mass is 10.1. The highest BCUT2D eigenvalue weighted by molar-refractivity contribution is 14.1. The Hall–Kier alpha value is -0.100. The van der Waals surface area contributed by atoms with E-state index >= 15 is 0 Å². The van der Waals surface area contributed by atoms with E-state index in [-0.39, 0.29) is 11.9 Å². The van der Waals surface area contributed by atoms with Crippen molar-refractivity contribution >= 4 is 39.8 Å². The molecule has 0 fully saturated rings. The van der Waals surface area contributed by atoms with Gasteiger partial charge >= 0.3 is 0 Å². The molecule has 0 aromatic carbocycles. The third-order valence-corrected chi connectivity index (χ3v) is 4.05. The van der Waals surface area contributed by atoms with Crippen LogP contribution >= 0.6 is 33.9 Å². The number of carbonyl (C=O) groups excluding carboxylic acids is 1. The van der Waals surface area contributed by atoms with Gasteiger partial charge in [0.25, 0.3) is 5.91 Å². The summed E-state index contributed by atoms with van der Waals surface area (Å²) in [6, 6.07) is 2.22. The second-order valence-electron chi connectivity index (χ2n) is 4.58. The zero-order chi connectivity index (χ0) is 12.3. The molecule has 1 rings (SSSR count). The SMILES string of the molecule is CC(C)CN(C(=O)c1csc(I)c1)C(C)C. The molecule has 0 atom stereocenters. The van der Waals surface area contributed by atoms with Gasteiger partial charge in [-0.1, -0.05) is 13.8 Å². The number of amides is 1. The van der Waals surface area contributed by atoms with Gasteiger partial charge in [-0.25, -0.2) is 0 Å². The second-order valence-corrected chi connectivity index (χ2v) is 7.39. The Bertz CT molecular complexity index is 360. The zero-order valence-electron chi connectivity index (χ0n) is 10.2. The average Bonchev–Trinajstić information content (AvgIpc) is 2.59. The first kappa shape index (κ1) is 14.0. The van der Waals surface area contributed by atoms with Crippen LogP contribution in [0.5, 0.6) is 0 Å². The van der Waals surface area contributed by atoms with Gasteiger partial charge < -0.3 is 4.90 Å². The van der Waals surface area contributed by atoms with Crippen molar-refractivity contribution in [1.82, 2.24) is 4.90 Å². The molecule has 0 bridgehead atoms. The summed E-state index contributed by atoms with van der Waals surface area (Å²) in [7, 11) is 0. The van der Waals surface area contributed by atoms with Crippen LogP contribution in [0, 0.1) is 8.80 Å². The Morgan fingerprint density at radius 1 is 1.44 bits per heavy atom. The molecule has 1 amide bonds. The Labute approximate surface area is 115 Å². The number of rotatable bonds is 4. The molecular formula is C12H18INOS. The predicted molar refractivity (Wildman–Crippen MR) is 78.0 cm³/mol. The van der Waals surface area contributed by atoms with E-state index in [0.717, 1.165) is 15.0 Å². The molecule has 4 heteroatoms. The number of hydrogen-bond donors (Lipinski definition) is 0. The summed E-state index contributed by atoms with van der Waals surface area (Å²) in [6.45, 7) is 9.23. The van der Waals surface area contributed by atoms with Crippen LogP contribution in [-0.2, 0) is 0 Å². The molecule has 0 radical (unpaired) electrons. The highest BCUT2D eigenvalue weighted by Gasteiger charge is 2.20. The van der Waals surface area contributed by atoms with Crippen LogP contribution in [0.3, 0.4) is 0 Å². The molecule has 0 aliphatic heterocycles. The average molecular weight is 351 g/mol. The largest absolute Gasteiger partial charge is 0.336 e. The lowest BCUT2D eigenvalue weighted by molar-refractivity contribution is 0.0682. The first-order valence-corrected chi connectivity index (χ1v) is 7.42. The molecule has 0 saturated carbocycles. The van der Waals surface area contributed by atoms with Crippen molar-refractivity contribution < 1.29 is 4.79 Å². The van der Waals surface area contributed by atoms with E-state index in [9.17, 15) is 4.79 Å². The van der Waals surface area contributed by atoms with Gasteiger partial charge in [-0.3, -0.25) is 4.79 Å². The lowest BCUT2D eigenvalue weighted by Gasteiger charge is -2.28.